The maximum Gasteiger partial charge on any atom is 1.00 e. The summed E-state index contributed by atoms with van der Waals surface area (Å²) in [7, 11) is 0. The van der Waals surface area contributed by atoms with Gasteiger partial charge >= 0.3 is 58.4 Å². The van der Waals surface area contributed by atoms with E-state index in [1.165, 1.54) is 6.07 Å². The van der Waals surface area contributed by atoms with Gasteiger partial charge in [-0.2, -0.15) is 0 Å². The van der Waals surface area contributed by atoms with Gasteiger partial charge in [-0.15, -0.1) is 5.46 Å². The van der Waals surface area contributed by atoms with Gasteiger partial charge in [0.25, 0.3) is 0 Å². The van der Waals surface area contributed by atoms with E-state index >= 15 is 0 Å². The van der Waals surface area contributed by atoms with Gasteiger partial charge in [0.05, 0.1) is 0 Å². The topological polar surface area (TPSA) is 17.1 Å². The molecule has 1 saturated carbocycles. The number of carbonyl (C=O) groups is 1. The van der Waals surface area contributed by atoms with Crippen molar-refractivity contribution in [3.05, 3.63) is 29.3 Å². The van der Waals surface area contributed by atoms with Gasteiger partial charge in [-0.25, -0.2) is 0 Å². The second-order valence-corrected chi connectivity index (χ2v) is 4.65. The van der Waals surface area contributed by atoms with E-state index in [0.29, 0.717) is 11.5 Å². The molecule has 1 aromatic carbocycles. The van der Waals surface area contributed by atoms with Crippen molar-refractivity contribution in [2.75, 3.05) is 0 Å². The third kappa shape index (κ3) is 2.18. The van der Waals surface area contributed by atoms with E-state index < -0.39 is 12.4 Å². The van der Waals surface area contributed by atoms with Crippen molar-refractivity contribution in [1.82, 2.24) is 0 Å². The van der Waals surface area contributed by atoms with Crippen LogP contribution < -0.4 is 56.8 Å². The Balaban J connectivity index is 0.00000108. The monoisotopic (exact) mass is 264 g/mol. The fourth-order valence-electron chi connectivity index (χ4n) is 2.65. The number of halogens is 3. The standard InChI is InChI=1S/C11H9BF3O.K/c13-12(14,15)8-1-2-9-6-3-7(4-6)11(16)10(9)5-8;/h1-2,5-7H,3-4H2;/q-1;+1. The average Bonchev–Trinajstić information content (AvgIpc) is 2.13. The van der Waals surface area contributed by atoms with Gasteiger partial charge in [0, 0.05) is 11.5 Å². The zero-order valence-corrected chi connectivity index (χ0v) is 12.5. The first kappa shape index (κ1) is 13.8. The molecule has 0 saturated heterocycles. The van der Waals surface area contributed by atoms with Crippen molar-refractivity contribution in [3.8, 4) is 0 Å². The molecule has 0 heterocycles. The molecule has 1 fully saturated rings. The first-order valence-electron chi connectivity index (χ1n) is 5.35. The average molecular weight is 264 g/mol. The van der Waals surface area contributed by atoms with E-state index in [-0.39, 0.29) is 63.1 Å². The van der Waals surface area contributed by atoms with Crippen LogP contribution in [0.2, 0.25) is 0 Å². The van der Waals surface area contributed by atoms with E-state index in [0.717, 1.165) is 30.5 Å². The van der Waals surface area contributed by atoms with Gasteiger partial charge < -0.3 is 12.9 Å². The smallest absolute Gasteiger partial charge is 0.445 e. The molecule has 0 spiro atoms. The molecule has 0 amide bonds. The second kappa shape index (κ2) is 4.49. The Morgan fingerprint density at radius 2 is 1.76 bits per heavy atom. The minimum absolute atomic E-state index is 0. The van der Waals surface area contributed by atoms with E-state index in [2.05, 4.69) is 0 Å². The molecule has 3 aliphatic carbocycles. The summed E-state index contributed by atoms with van der Waals surface area (Å²) in [6, 6.07) is 3.62. The number of benzene rings is 1. The predicted octanol–water partition coefficient (Wildman–Crippen LogP) is -0.565. The van der Waals surface area contributed by atoms with E-state index in [4.69, 9.17) is 0 Å². The van der Waals surface area contributed by atoms with Crippen LogP contribution in [0.25, 0.3) is 0 Å². The maximum absolute atomic E-state index is 12.5. The number of hydrogen-bond donors (Lipinski definition) is 0. The fourth-order valence-corrected chi connectivity index (χ4v) is 2.65. The molecule has 0 atom stereocenters. The Bertz CT molecular complexity index is 480. The minimum atomic E-state index is -5.00. The fraction of sp³-hybridized carbons (Fsp3) is 0.364. The van der Waals surface area contributed by atoms with Gasteiger partial charge in [0.2, 0.25) is 0 Å². The molecule has 0 N–H and O–H groups in total. The van der Waals surface area contributed by atoms with Crippen molar-refractivity contribution < 1.29 is 69.1 Å². The Hall–Kier alpha value is 0.381. The SMILES string of the molecule is O=C1c2cc([B-](F)(F)F)ccc2C2CC1C2.[K+]. The number of carbonyl (C=O) groups excluding carboxylic acids is 1. The number of Topliss-reactive ketones (excluding diaryl/α,β-unsaturated/α-hetero) is 1. The van der Waals surface area contributed by atoms with Crippen LogP contribution in [0, 0.1) is 5.92 Å². The third-order valence-electron chi connectivity index (χ3n) is 3.67. The molecular formula is C11H9BF3KO. The van der Waals surface area contributed by atoms with Gasteiger partial charge in [0.15, 0.2) is 5.78 Å². The van der Waals surface area contributed by atoms with Crippen molar-refractivity contribution in [1.29, 1.82) is 0 Å². The number of ketones is 1. The van der Waals surface area contributed by atoms with Crippen molar-refractivity contribution in [2.24, 2.45) is 5.92 Å². The van der Waals surface area contributed by atoms with Crippen LogP contribution >= 0.6 is 0 Å². The molecule has 0 radical (unpaired) electrons. The number of rotatable bonds is 1. The van der Waals surface area contributed by atoms with Crippen LogP contribution in [0.5, 0.6) is 0 Å². The second-order valence-electron chi connectivity index (χ2n) is 4.65. The summed E-state index contributed by atoms with van der Waals surface area (Å²) in [5.41, 5.74) is 0.467. The molecule has 4 rings (SSSR count). The summed E-state index contributed by atoms with van der Waals surface area (Å²) in [5.74, 6) is 0.195. The summed E-state index contributed by atoms with van der Waals surface area (Å²) >= 11 is 0. The van der Waals surface area contributed by atoms with Crippen LogP contribution in [0.1, 0.15) is 34.7 Å². The largest absolute Gasteiger partial charge is 1.00 e. The zero-order valence-electron chi connectivity index (χ0n) is 9.42. The van der Waals surface area contributed by atoms with E-state index in [9.17, 15) is 17.7 Å². The molecule has 1 aromatic rings. The van der Waals surface area contributed by atoms with Gasteiger partial charge in [-0.3, -0.25) is 4.79 Å². The quantitative estimate of drug-likeness (QED) is 0.621. The normalized spacial score (nSPS) is 25.7. The maximum atomic E-state index is 12.5. The Labute approximate surface area is 140 Å². The van der Waals surface area contributed by atoms with Crippen molar-refractivity contribution >= 4 is 18.2 Å². The predicted molar refractivity (Wildman–Crippen MR) is 54.9 cm³/mol. The molecule has 3 aliphatic rings. The molecule has 1 nitrogen and oxygen atoms in total. The van der Waals surface area contributed by atoms with Crippen molar-refractivity contribution in [3.63, 3.8) is 0 Å². The molecule has 17 heavy (non-hydrogen) atoms. The first-order chi connectivity index (χ1) is 7.47. The summed E-state index contributed by atoms with van der Waals surface area (Å²) in [5, 5.41) is 0. The third-order valence-corrected chi connectivity index (χ3v) is 3.67. The molecule has 0 unspecified atom stereocenters. The molecule has 0 aromatic heterocycles. The Kier molecular flexibility index (Phi) is 3.65. The molecular weight excluding hydrogens is 255 g/mol. The van der Waals surface area contributed by atoms with Crippen LogP contribution in [0.4, 0.5) is 12.9 Å². The van der Waals surface area contributed by atoms with Gasteiger partial charge in [-0.1, -0.05) is 18.2 Å². The molecule has 2 bridgehead atoms. The minimum Gasteiger partial charge on any atom is -0.445 e. The molecule has 6 heteroatoms. The van der Waals surface area contributed by atoms with Crippen LogP contribution in [0.15, 0.2) is 18.2 Å². The molecule has 0 aliphatic heterocycles. The van der Waals surface area contributed by atoms with Gasteiger partial charge in [-0.05, 0) is 24.3 Å². The summed E-state index contributed by atoms with van der Waals surface area (Å²) in [4.78, 5) is 11.8. The van der Waals surface area contributed by atoms with Crippen LogP contribution in [-0.4, -0.2) is 12.8 Å². The Morgan fingerprint density at radius 1 is 1.12 bits per heavy atom. The molecule has 84 valence electrons. The zero-order chi connectivity index (χ0) is 11.5. The number of hydrogen-bond acceptors (Lipinski definition) is 1. The van der Waals surface area contributed by atoms with Crippen molar-refractivity contribution in [2.45, 2.75) is 18.8 Å². The van der Waals surface area contributed by atoms with Crippen LogP contribution in [-0.2, 0) is 0 Å². The summed E-state index contributed by atoms with van der Waals surface area (Å²) in [6.07, 6.45) is 1.64. The van der Waals surface area contributed by atoms with Gasteiger partial charge in [0.1, 0.15) is 0 Å². The van der Waals surface area contributed by atoms with E-state index in [1.54, 1.807) is 0 Å². The van der Waals surface area contributed by atoms with E-state index in [1.807, 2.05) is 0 Å². The first-order valence-corrected chi connectivity index (χ1v) is 5.35. The Morgan fingerprint density at radius 3 is 2.35 bits per heavy atom. The summed E-state index contributed by atoms with van der Waals surface area (Å²) in [6.45, 7) is -5.00. The summed E-state index contributed by atoms with van der Waals surface area (Å²) < 4.78 is 37.6. The van der Waals surface area contributed by atoms with Crippen LogP contribution in [0.3, 0.4) is 0 Å².